The fourth-order valence-electron chi connectivity index (χ4n) is 4.13. The maximum Gasteiger partial charge on any atom is 0.310 e. The summed E-state index contributed by atoms with van der Waals surface area (Å²) in [6, 6.07) is 0.199. The summed E-state index contributed by atoms with van der Waals surface area (Å²) < 4.78 is 5.65. The molecule has 0 spiro atoms. The predicted octanol–water partition coefficient (Wildman–Crippen LogP) is 1.56. The zero-order chi connectivity index (χ0) is 14.3. The van der Waals surface area contributed by atoms with E-state index in [9.17, 15) is 14.7 Å². The second kappa shape index (κ2) is 5.35. The molecule has 5 heteroatoms. The Balaban J connectivity index is 1.68. The van der Waals surface area contributed by atoms with Crippen molar-refractivity contribution in [1.29, 1.82) is 0 Å². The Bertz CT molecular complexity index is 411. The van der Waals surface area contributed by atoms with Gasteiger partial charge in [-0.2, -0.15) is 0 Å². The molecule has 0 radical (unpaired) electrons. The fraction of sp³-hybridized carbons (Fsp3) is 0.867. The number of nitrogens with one attached hydrogen (secondary N) is 1. The van der Waals surface area contributed by atoms with Gasteiger partial charge in [0.25, 0.3) is 0 Å². The van der Waals surface area contributed by atoms with Crippen LogP contribution < -0.4 is 5.32 Å². The van der Waals surface area contributed by atoms with Crippen molar-refractivity contribution in [3.63, 3.8) is 0 Å². The van der Waals surface area contributed by atoms with E-state index in [1.165, 1.54) is 6.42 Å². The summed E-state index contributed by atoms with van der Waals surface area (Å²) in [5, 5.41) is 12.5. The molecule has 2 heterocycles. The van der Waals surface area contributed by atoms with E-state index in [0.29, 0.717) is 5.92 Å². The van der Waals surface area contributed by atoms with E-state index < -0.39 is 17.8 Å². The molecule has 1 amide bonds. The van der Waals surface area contributed by atoms with Gasteiger partial charge >= 0.3 is 5.97 Å². The molecule has 0 aromatic carbocycles. The van der Waals surface area contributed by atoms with Crippen molar-refractivity contribution in [3.8, 4) is 0 Å². The Morgan fingerprint density at radius 1 is 1.05 bits per heavy atom. The molecule has 1 aliphatic carbocycles. The Morgan fingerprint density at radius 2 is 1.70 bits per heavy atom. The maximum atomic E-state index is 12.5. The molecule has 0 aromatic rings. The molecule has 2 saturated heterocycles. The lowest BCUT2D eigenvalue weighted by Gasteiger charge is -2.32. The molecule has 0 unspecified atom stereocenters. The molecule has 5 nitrogen and oxygen atoms in total. The summed E-state index contributed by atoms with van der Waals surface area (Å²) in [6.45, 7) is 2.16. The summed E-state index contributed by atoms with van der Waals surface area (Å²) in [4.78, 5) is 23.9. The number of hydrogen-bond acceptors (Lipinski definition) is 3. The Labute approximate surface area is 119 Å². The number of carbonyl (C=O) groups excluding carboxylic acids is 1. The minimum absolute atomic E-state index is 0.108. The number of carboxylic acid groups (broad SMARTS) is 1. The molecule has 3 aliphatic rings. The smallest absolute Gasteiger partial charge is 0.310 e. The topological polar surface area (TPSA) is 75.6 Å². The average Bonchev–Trinajstić information content (AvgIpc) is 3.01. The van der Waals surface area contributed by atoms with Gasteiger partial charge in [-0.05, 0) is 31.6 Å². The highest BCUT2D eigenvalue weighted by Gasteiger charge is 2.55. The molecule has 112 valence electrons. The lowest BCUT2D eigenvalue weighted by molar-refractivity contribution is -0.148. The molecule has 3 fully saturated rings. The van der Waals surface area contributed by atoms with E-state index in [2.05, 4.69) is 12.2 Å². The van der Waals surface area contributed by atoms with E-state index in [1.807, 2.05) is 0 Å². The number of carboxylic acids is 1. The Kier molecular flexibility index (Phi) is 3.71. The van der Waals surface area contributed by atoms with E-state index in [1.54, 1.807) is 0 Å². The Hall–Kier alpha value is -1.10. The first-order valence-corrected chi connectivity index (χ1v) is 7.76. The van der Waals surface area contributed by atoms with Crippen LogP contribution >= 0.6 is 0 Å². The van der Waals surface area contributed by atoms with Crippen molar-refractivity contribution in [2.24, 2.45) is 17.8 Å². The van der Waals surface area contributed by atoms with Crippen LogP contribution in [-0.2, 0) is 14.3 Å². The first-order valence-electron chi connectivity index (χ1n) is 7.76. The van der Waals surface area contributed by atoms with Gasteiger partial charge in [0, 0.05) is 6.04 Å². The highest BCUT2D eigenvalue weighted by atomic mass is 16.5. The minimum atomic E-state index is -0.894. The summed E-state index contributed by atoms with van der Waals surface area (Å²) in [7, 11) is 0. The van der Waals surface area contributed by atoms with Crippen LogP contribution in [0.3, 0.4) is 0 Å². The summed E-state index contributed by atoms with van der Waals surface area (Å²) in [5.74, 6) is -1.68. The van der Waals surface area contributed by atoms with Crippen molar-refractivity contribution in [1.82, 2.24) is 5.32 Å². The van der Waals surface area contributed by atoms with E-state index >= 15 is 0 Å². The second-order valence-corrected chi connectivity index (χ2v) is 6.56. The molecule has 1 saturated carbocycles. The summed E-state index contributed by atoms with van der Waals surface area (Å²) in [6.07, 6.45) is 5.63. The largest absolute Gasteiger partial charge is 0.481 e. The number of hydrogen-bond donors (Lipinski definition) is 2. The zero-order valence-corrected chi connectivity index (χ0v) is 11.9. The van der Waals surface area contributed by atoms with Gasteiger partial charge < -0.3 is 15.2 Å². The normalized spacial score (nSPS) is 43.5. The van der Waals surface area contributed by atoms with Crippen LogP contribution in [0.5, 0.6) is 0 Å². The van der Waals surface area contributed by atoms with Gasteiger partial charge in [-0.3, -0.25) is 9.59 Å². The van der Waals surface area contributed by atoms with Crippen LogP contribution in [0.15, 0.2) is 0 Å². The molecule has 3 rings (SSSR count). The third-order valence-electron chi connectivity index (χ3n) is 5.30. The van der Waals surface area contributed by atoms with Gasteiger partial charge in [-0.15, -0.1) is 0 Å². The molecule has 6 atom stereocenters. The van der Waals surface area contributed by atoms with Crippen LogP contribution in [0.4, 0.5) is 0 Å². The molecule has 2 N–H and O–H groups in total. The number of carbonyl (C=O) groups is 2. The van der Waals surface area contributed by atoms with Crippen molar-refractivity contribution < 1.29 is 19.4 Å². The monoisotopic (exact) mass is 281 g/mol. The van der Waals surface area contributed by atoms with Crippen LogP contribution in [0.25, 0.3) is 0 Å². The van der Waals surface area contributed by atoms with E-state index in [4.69, 9.17) is 4.74 Å². The molecule has 2 bridgehead atoms. The fourth-order valence-corrected chi connectivity index (χ4v) is 4.13. The zero-order valence-electron chi connectivity index (χ0n) is 11.9. The van der Waals surface area contributed by atoms with Crippen LogP contribution in [0.2, 0.25) is 0 Å². The summed E-state index contributed by atoms with van der Waals surface area (Å²) in [5.41, 5.74) is 0. The first kappa shape index (κ1) is 13.9. The van der Waals surface area contributed by atoms with Crippen molar-refractivity contribution in [2.75, 3.05) is 0 Å². The van der Waals surface area contributed by atoms with Gasteiger partial charge in [-0.25, -0.2) is 0 Å². The van der Waals surface area contributed by atoms with Gasteiger partial charge in [-0.1, -0.05) is 19.8 Å². The molecule has 2 aliphatic heterocycles. The SMILES string of the molecule is C[C@H]1CCCC[C@H]1NC(=O)[C@H]1[C@@H](C(=O)O)[C@@H]2CC[C@@H]1O2. The molecule has 20 heavy (non-hydrogen) atoms. The number of ether oxygens (including phenoxy) is 1. The Morgan fingerprint density at radius 3 is 2.35 bits per heavy atom. The third-order valence-corrected chi connectivity index (χ3v) is 5.30. The number of amides is 1. The van der Waals surface area contributed by atoms with Gasteiger partial charge in [0.2, 0.25) is 5.91 Å². The lowest BCUT2D eigenvalue weighted by Crippen LogP contribution is -2.49. The van der Waals surface area contributed by atoms with Crippen LogP contribution in [0, 0.1) is 17.8 Å². The molecule has 0 aromatic heterocycles. The molecular weight excluding hydrogens is 258 g/mol. The third kappa shape index (κ3) is 2.32. The van der Waals surface area contributed by atoms with Gasteiger partial charge in [0.05, 0.1) is 24.0 Å². The maximum absolute atomic E-state index is 12.5. The minimum Gasteiger partial charge on any atom is -0.481 e. The number of aliphatic carboxylic acids is 1. The van der Waals surface area contributed by atoms with Crippen molar-refractivity contribution in [3.05, 3.63) is 0 Å². The average molecular weight is 281 g/mol. The van der Waals surface area contributed by atoms with Crippen LogP contribution in [0.1, 0.15) is 45.4 Å². The van der Waals surface area contributed by atoms with Crippen molar-refractivity contribution >= 4 is 11.9 Å². The van der Waals surface area contributed by atoms with Gasteiger partial charge in [0.1, 0.15) is 0 Å². The highest BCUT2D eigenvalue weighted by Crippen LogP contribution is 2.43. The first-order chi connectivity index (χ1) is 9.58. The molecular formula is C15H23NO4. The second-order valence-electron chi connectivity index (χ2n) is 6.56. The number of fused-ring (bicyclic) bond motifs is 2. The lowest BCUT2D eigenvalue weighted by atomic mass is 9.78. The predicted molar refractivity (Wildman–Crippen MR) is 72.1 cm³/mol. The van der Waals surface area contributed by atoms with Gasteiger partial charge in [0.15, 0.2) is 0 Å². The quantitative estimate of drug-likeness (QED) is 0.823. The van der Waals surface area contributed by atoms with Crippen LogP contribution in [-0.4, -0.2) is 35.2 Å². The number of rotatable bonds is 3. The standard InChI is InChI=1S/C15H23NO4/c1-8-4-2-3-5-9(8)16-14(17)12-10-6-7-11(20-10)13(12)15(18)19/h8-13H,2-7H2,1H3,(H,16,17)(H,18,19)/t8-,9+,10-,11-,12+,13-/m0/s1. The summed E-state index contributed by atoms with van der Waals surface area (Å²) >= 11 is 0. The van der Waals surface area contributed by atoms with Crippen molar-refractivity contribution in [2.45, 2.75) is 63.7 Å². The van der Waals surface area contributed by atoms with E-state index in [-0.39, 0.29) is 24.2 Å². The highest BCUT2D eigenvalue weighted by molar-refractivity contribution is 5.86. The van der Waals surface area contributed by atoms with E-state index in [0.717, 1.165) is 32.1 Å².